The third kappa shape index (κ3) is 5.47. The first-order chi connectivity index (χ1) is 14.3. The Kier molecular flexibility index (Phi) is 6.52. The summed E-state index contributed by atoms with van der Waals surface area (Å²) in [5, 5.41) is 9.13. The molecule has 0 atom stereocenters. The summed E-state index contributed by atoms with van der Waals surface area (Å²) < 4.78 is 11.3. The third-order valence-electron chi connectivity index (χ3n) is 4.62. The Bertz CT molecular complexity index is 990. The first kappa shape index (κ1) is 21.1. The number of carbonyl (C=O) groups is 2. The van der Waals surface area contributed by atoms with Gasteiger partial charge in [-0.2, -0.15) is 0 Å². The Labute approximate surface area is 175 Å². The van der Waals surface area contributed by atoms with Crippen molar-refractivity contribution in [3.05, 3.63) is 95.6 Å². The molecule has 0 aliphatic carbocycles. The van der Waals surface area contributed by atoms with Gasteiger partial charge in [0.2, 0.25) is 0 Å². The van der Waals surface area contributed by atoms with Crippen LogP contribution in [0.3, 0.4) is 0 Å². The van der Waals surface area contributed by atoms with Crippen LogP contribution in [0.1, 0.15) is 35.3 Å². The van der Waals surface area contributed by atoms with Gasteiger partial charge in [-0.3, -0.25) is 4.79 Å². The molecule has 0 saturated heterocycles. The molecule has 5 nitrogen and oxygen atoms in total. The number of carbonyl (C=O) groups excluding carboxylic acids is 1. The van der Waals surface area contributed by atoms with Gasteiger partial charge in [0, 0.05) is 17.5 Å². The van der Waals surface area contributed by atoms with Crippen LogP contribution in [0.15, 0.2) is 78.9 Å². The lowest BCUT2D eigenvalue weighted by molar-refractivity contribution is -0.152. The fourth-order valence-corrected chi connectivity index (χ4v) is 2.81. The van der Waals surface area contributed by atoms with Gasteiger partial charge in [-0.15, -0.1) is 0 Å². The zero-order valence-electron chi connectivity index (χ0n) is 17.0. The number of carboxylic acid groups (broad SMARTS) is 1. The SMILES string of the molecule is CC(C)(Oc1ccc(CCOc2ccc(C(=O)c3ccccc3)cc2)cc1)C(=O)O. The predicted octanol–water partition coefficient (Wildman–Crippen LogP) is 4.78. The van der Waals surface area contributed by atoms with Crippen LogP contribution in [-0.4, -0.2) is 29.1 Å². The monoisotopic (exact) mass is 404 g/mol. The number of hydrogen-bond acceptors (Lipinski definition) is 4. The Morgan fingerprint density at radius 2 is 1.37 bits per heavy atom. The molecular weight excluding hydrogens is 380 g/mol. The molecular formula is C25H24O5. The van der Waals surface area contributed by atoms with E-state index >= 15 is 0 Å². The maximum Gasteiger partial charge on any atom is 0.347 e. The Morgan fingerprint density at radius 1 is 0.800 bits per heavy atom. The molecule has 0 radical (unpaired) electrons. The highest BCUT2D eigenvalue weighted by atomic mass is 16.5. The molecule has 0 aliphatic rings. The summed E-state index contributed by atoms with van der Waals surface area (Å²) in [5.74, 6) is 0.167. The van der Waals surface area contributed by atoms with Crippen molar-refractivity contribution in [1.29, 1.82) is 0 Å². The summed E-state index contributed by atoms with van der Waals surface area (Å²) in [6, 6.07) is 23.6. The molecule has 0 fully saturated rings. The topological polar surface area (TPSA) is 72.8 Å². The summed E-state index contributed by atoms with van der Waals surface area (Å²) in [6.45, 7) is 3.50. The Balaban J connectivity index is 1.50. The molecule has 0 bridgehead atoms. The van der Waals surface area contributed by atoms with E-state index in [1.807, 2.05) is 30.3 Å². The van der Waals surface area contributed by atoms with Gasteiger partial charge < -0.3 is 14.6 Å². The van der Waals surface area contributed by atoms with E-state index in [2.05, 4.69) is 0 Å². The number of ether oxygens (including phenoxy) is 2. The molecule has 0 unspecified atom stereocenters. The minimum absolute atomic E-state index is 0.0180. The average molecular weight is 404 g/mol. The summed E-state index contributed by atoms with van der Waals surface area (Å²) in [7, 11) is 0. The largest absolute Gasteiger partial charge is 0.493 e. The molecule has 3 aromatic carbocycles. The van der Waals surface area contributed by atoms with Crippen LogP contribution in [0.4, 0.5) is 0 Å². The second-order valence-corrected chi connectivity index (χ2v) is 7.38. The van der Waals surface area contributed by atoms with Crippen molar-refractivity contribution in [2.75, 3.05) is 6.61 Å². The van der Waals surface area contributed by atoms with E-state index in [0.29, 0.717) is 35.7 Å². The van der Waals surface area contributed by atoms with E-state index in [-0.39, 0.29) is 5.78 Å². The number of rotatable bonds is 9. The van der Waals surface area contributed by atoms with E-state index in [1.54, 1.807) is 48.5 Å². The highest BCUT2D eigenvalue weighted by Crippen LogP contribution is 2.20. The molecule has 3 aromatic rings. The first-order valence-corrected chi connectivity index (χ1v) is 9.69. The molecule has 3 rings (SSSR count). The van der Waals surface area contributed by atoms with Gasteiger partial charge in [0.05, 0.1) is 6.61 Å². The number of hydrogen-bond donors (Lipinski definition) is 1. The third-order valence-corrected chi connectivity index (χ3v) is 4.62. The minimum atomic E-state index is -1.28. The van der Waals surface area contributed by atoms with Crippen LogP contribution in [0.2, 0.25) is 0 Å². The zero-order chi connectivity index (χ0) is 21.6. The second-order valence-electron chi connectivity index (χ2n) is 7.38. The van der Waals surface area contributed by atoms with Gasteiger partial charge in [0.15, 0.2) is 11.4 Å². The predicted molar refractivity (Wildman–Crippen MR) is 114 cm³/mol. The standard InChI is InChI=1S/C25H24O5/c1-25(2,24(27)28)30-22-12-8-18(9-13-22)16-17-29-21-14-10-20(11-15-21)23(26)19-6-4-3-5-7-19/h3-15H,16-17H2,1-2H3,(H,27,28). The van der Waals surface area contributed by atoms with Crippen molar-refractivity contribution in [3.63, 3.8) is 0 Å². The maximum atomic E-state index is 12.4. The van der Waals surface area contributed by atoms with Gasteiger partial charge in [0.1, 0.15) is 11.5 Å². The second kappa shape index (κ2) is 9.27. The molecule has 0 aliphatic heterocycles. The van der Waals surface area contributed by atoms with Crippen molar-refractivity contribution < 1.29 is 24.2 Å². The van der Waals surface area contributed by atoms with E-state index < -0.39 is 11.6 Å². The van der Waals surface area contributed by atoms with Crippen LogP contribution in [0, 0.1) is 0 Å². The fraction of sp³-hybridized carbons (Fsp3) is 0.200. The van der Waals surface area contributed by atoms with Crippen molar-refractivity contribution in [2.45, 2.75) is 25.9 Å². The quantitative estimate of drug-likeness (QED) is 0.520. The van der Waals surface area contributed by atoms with Gasteiger partial charge in [-0.25, -0.2) is 4.79 Å². The zero-order valence-corrected chi connectivity index (χ0v) is 17.0. The van der Waals surface area contributed by atoms with Crippen LogP contribution in [0.25, 0.3) is 0 Å². The molecule has 0 heterocycles. The summed E-state index contributed by atoms with van der Waals surface area (Å²) in [4.78, 5) is 23.6. The van der Waals surface area contributed by atoms with Gasteiger partial charge in [0.25, 0.3) is 0 Å². The van der Waals surface area contributed by atoms with Crippen molar-refractivity contribution in [1.82, 2.24) is 0 Å². The van der Waals surface area contributed by atoms with Crippen LogP contribution >= 0.6 is 0 Å². The van der Waals surface area contributed by atoms with E-state index in [9.17, 15) is 9.59 Å². The smallest absolute Gasteiger partial charge is 0.347 e. The van der Waals surface area contributed by atoms with Crippen molar-refractivity contribution in [2.24, 2.45) is 0 Å². The number of aliphatic carboxylic acids is 1. The van der Waals surface area contributed by atoms with Gasteiger partial charge in [-0.1, -0.05) is 42.5 Å². The van der Waals surface area contributed by atoms with Gasteiger partial charge >= 0.3 is 5.97 Å². The lowest BCUT2D eigenvalue weighted by atomic mass is 10.0. The Morgan fingerprint density at radius 3 is 1.97 bits per heavy atom. The summed E-state index contributed by atoms with van der Waals surface area (Å²) in [5.41, 5.74) is 1.05. The molecule has 1 N–H and O–H groups in total. The maximum absolute atomic E-state index is 12.4. The molecule has 0 aromatic heterocycles. The molecule has 5 heteroatoms. The first-order valence-electron chi connectivity index (χ1n) is 9.69. The van der Waals surface area contributed by atoms with Crippen LogP contribution < -0.4 is 9.47 Å². The van der Waals surface area contributed by atoms with Crippen LogP contribution in [-0.2, 0) is 11.2 Å². The highest BCUT2D eigenvalue weighted by Gasteiger charge is 2.29. The van der Waals surface area contributed by atoms with Crippen molar-refractivity contribution in [3.8, 4) is 11.5 Å². The van der Waals surface area contributed by atoms with E-state index in [4.69, 9.17) is 14.6 Å². The van der Waals surface area contributed by atoms with E-state index in [1.165, 1.54) is 13.8 Å². The van der Waals surface area contributed by atoms with E-state index in [0.717, 1.165) is 5.56 Å². The van der Waals surface area contributed by atoms with Crippen LogP contribution in [0.5, 0.6) is 11.5 Å². The fourth-order valence-electron chi connectivity index (χ4n) is 2.81. The normalized spacial score (nSPS) is 11.0. The summed E-state index contributed by atoms with van der Waals surface area (Å²) in [6.07, 6.45) is 0.688. The average Bonchev–Trinajstić information content (AvgIpc) is 2.75. The highest BCUT2D eigenvalue weighted by molar-refractivity contribution is 6.08. The minimum Gasteiger partial charge on any atom is -0.493 e. The Hall–Kier alpha value is -3.60. The number of benzene rings is 3. The molecule has 0 spiro atoms. The lowest BCUT2D eigenvalue weighted by Crippen LogP contribution is -2.37. The molecule has 0 amide bonds. The lowest BCUT2D eigenvalue weighted by Gasteiger charge is -2.21. The number of ketones is 1. The number of carboxylic acids is 1. The molecule has 0 saturated carbocycles. The van der Waals surface area contributed by atoms with Crippen molar-refractivity contribution >= 4 is 11.8 Å². The molecule has 30 heavy (non-hydrogen) atoms. The van der Waals surface area contributed by atoms with Gasteiger partial charge in [-0.05, 0) is 55.8 Å². The summed E-state index contributed by atoms with van der Waals surface area (Å²) >= 11 is 0. The molecule has 154 valence electrons.